The van der Waals surface area contributed by atoms with E-state index in [0.717, 1.165) is 33.4 Å². The second kappa shape index (κ2) is 10.8. The van der Waals surface area contributed by atoms with Gasteiger partial charge in [-0.15, -0.1) is 0 Å². The van der Waals surface area contributed by atoms with Crippen LogP contribution in [0.25, 0.3) is 11.1 Å². The van der Waals surface area contributed by atoms with Crippen LogP contribution in [0.3, 0.4) is 0 Å². The summed E-state index contributed by atoms with van der Waals surface area (Å²) in [5, 5.41) is 13.6. The Morgan fingerprint density at radius 3 is 2.42 bits per heavy atom. The van der Waals surface area contributed by atoms with Gasteiger partial charge in [-0.05, 0) is 39.9 Å². The van der Waals surface area contributed by atoms with E-state index < -0.39 is 23.1 Å². The van der Waals surface area contributed by atoms with Crippen molar-refractivity contribution in [2.24, 2.45) is 0 Å². The van der Waals surface area contributed by atoms with E-state index >= 15 is 0 Å². The van der Waals surface area contributed by atoms with Gasteiger partial charge in [0, 0.05) is 24.4 Å². The van der Waals surface area contributed by atoms with Crippen LogP contribution in [0.5, 0.6) is 11.5 Å². The maximum atomic E-state index is 13.5. The average molecular weight is 530 g/mol. The SMILES string of the molecule is O=C(NCc1cccc(-c2ccccc2)c1)c1c(O)c(=O)ccn1NC1c2ccccc2COc2ccccc21. The molecular weight excluding hydrogens is 502 g/mol. The number of ether oxygens (including phenoxy) is 1. The highest BCUT2D eigenvalue weighted by molar-refractivity contribution is 5.95. The molecule has 7 nitrogen and oxygen atoms in total. The van der Waals surface area contributed by atoms with Gasteiger partial charge in [-0.25, -0.2) is 0 Å². The third-order valence-corrected chi connectivity index (χ3v) is 7.02. The van der Waals surface area contributed by atoms with Crippen molar-refractivity contribution in [1.82, 2.24) is 9.99 Å². The average Bonchev–Trinajstić information content (AvgIpc) is 3.15. The first-order valence-electron chi connectivity index (χ1n) is 13.0. The lowest BCUT2D eigenvalue weighted by molar-refractivity contribution is 0.0938. The zero-order chi connectivity index (χ0) is 27.5. The summed E-state index contributed by atoms with van der Waals surface area (Å²) in [6, 6.07) is 34.2. The van der Waals surface area contributed by atoms with Crippen LogP contribution >= 0.6 is 0 Å². The number of carbonyl (C=O) groups is 1. The summed E-state index contributed by atoms with van der Waals surface area (Å²) in [5.74, 6) is -0.498. The molecule has 2 heterocycles. The lowest BCUT2D eigenvalue weighted by Gasteiger charge is -2.25. The first-order chi connectivity index (χ1) is 19.6. The topological polar surface area (TPSA) is 92.6 Å². The van der Waals surface area contributed by atoms with E-state index in [2.05, 4.69) is 10.7 Å². The van der Waals surface area contributed by atoms with Gasteiger partial charge in [-0.1, -0.05) is 91.0 Å². The van der Waals surface area contributed by atoms with Crippen LogP contribution in [0, 0.1) is 0 Å². The largest absolute Gasteiger partial charge is 0.502 e. The third kappa shape index (κ3) is 4.92. The summed E-state index contributed by atoms with van der Waals surface area (Å²) < 4.78 is 7.48. The van der Waals surface area contributed by atoms with E-state index in [1.165, 1.54) is 16.9 Å². The summed E-state index contributed by atoms with van der Waals surface area (Å²) in [6.45, 7) is 0.612. The van der Waals surface area contributed by atoms with Crippen LogP contribution < -0.4 is 20.9 Å². The van der Waals surface area contributed by atoms with Crippen molar-refractivity contribution in [3.63, 3.8) is 0 Å². The van der Waals surface area contributed by atoms with Crippen molar-refractivity contribution in [2.45, 2.75) is 19.2 Å². The van der Waals surface area contributed by atoms with Gasteiger partial charge in [0.15, 0.2) is 11.4 Å². The Kier molecular flexibility index (Phi) is 6.77. The van der Waals surface area contributed by atoms with Crippen LogP contribution in [-0.4, -0.2) is 15.7 Å². The maximum absolute atomic E-state index is 13.5. The number of nitrogens with one attached hydrogen (secondary N) is 2. The van der Waals surface area contributed by atoms with E-state index in [0.29, 0.717) is 12.4 Å². The molecule has 198 valence electrons. The van der Waals surface area contributed by atoms with Crippen LogP contribution in [0.4, 0.5) is 0 Å². The number of aromatic hydroxyl groups is 1. The summed E-state index contributed by atoms with van der Waals surface area (Å²) in [7, 11) is 0. The zero-order valence-corrected chi connectivity index (χ0v) is 21.6. The summed E-state index contributed by atoms with van der Waals surface area (Å²) in [6.07, 6.45) is 1.46. The second-order valence-corrected chi connectivity index (χ2v) is 9.58. The highest BCUT2D eigenvalue weighted by atomic mass is 16.5. The van der Waals surface area contributed by atoms with Crippen LogP contribution in [0.15, 0.2) is 120 Å². The second-order valence-electron chi connectivity index (χ2n) is 9.58. The minimum Gasteiger partial charge on any atom is -0.502 e. The zero-order valence-electron chi connectivity index (χ0n) is 21.6. The molecule has 1 aliphatic rings. The number of carbonyl (C=O) groups excluding carboxylic acids is 1. The molecule has 0 radical (unpaired) electrons. The van der Waals surface area contributed by atoms with Crippen molar-refractivity contribution < 1.29 is 14.6 Å². The molecule has 6 rings (SSSR count). The number of nitrogens with zero attached hydrogens (tertiary/aromatic N) is 1. The van der Waals surface area contributed by atoms with Crippen molar-refractivity contribution in [1.29, 1.82) is 0 Å². The predicted molar refractivity (Wildman–Crippen MR) is 154 cm³/mol. The number of hydrogen-bond donors (Lipinski definition) is 3. The number of fused-ring (bicyclic) bond motifs is 2. The molecule has 1 unspecified atom stereocenters. The number of pyridine rings is 1. The van der Waals surface area contributed by atoms with Gasteiger partial charge < -0.3 is 20.6 Å². The monoisotopic (exact) mass is 529 g/mol. The molecule has 0 fully saturated rings. The molecule has 1 amide bonds. The van der Waals surface area contributed by atoms with Crippen molar-refractivity contribution >= 4 is 5.91 Å². The summed E-state index contributed by atoms with van der Waals surface area (Å²) >= 11 is 0. The Labute approximate surface area is 231 Å². The Bertz CT molecular complexity index is 1700. The lowest BCUT2D eigenvalue weighted by Crippen LogP contribution is -2.33. The Morgan fingerprint density at radius 2 is 1.57 bits per heavy atom. The molecule has 0 aliphatic carbocycles. The van der Waals surface area contributed by atoms with Crippen molar-refractivity contribution in [2.75, 3.05) is 5.43 Å². The van der Waals surface area contributed by atoms with Gasteiger partial charge in [-0.3, -0.25) is 14.3 Å². The molecule has 3 N–H and O–H groups in total. The fourth-order valence-electron chi connectivity index (χ4n) is 5.01. The van der Waals surface area contributed by atoms with Gasteiger partial charge in [0.1, 0.15) is 12.4 Å². The molecule has 1 aromatic heterocycles. The molecule has 1 aliphatic heterocycles. The first-order valence-corrected chi connectivity index (χ1v) is 13.0. The van der Waals surface area contributed by atoms with Gasteiger partial charge in [-0.2, -0.15) is 0 Å². The van der Waals surface area contributed by atoms with Crippen molar-refractivity contribution in [3.8, 4) is 22.6 Å². The molecule has 40 heavy (non-hydrogen) atoms. The molecule has 5 aromatic rings. The quantitative estimate of drug-likeness (QED) is 0.275. The van der Waals surface area contributed by atoms with Gasteiger partial charge in [0.05, 0.1) is 6.04 Å². The van der Waals surface area contributed by atoms with Crippen LogP contribution in [0.1, 0.15) is 38.8 Å². The predicted octanol–water partition coefficient (Wildman–Crippen LogP) is 5.38. The number of hydrogen-bond acceptors (Lipinski definition) is 5. The third-order valence-electron chi connectivity index (χ3n) is 7.02. The molecule has 0 bridgehead atoms. The number of amides is 1. The highest BCUT2D eigenvalue weighted by Crippen LogP contribution is 2.36. The fraction of sp³-hybridized carbons (Fsp3) is 0.0909. The smallest absolute Gasteiger partial charge is 0.274 e. The minimum absolute atomic E-state index is 0.174. The lowest BCUT2D eigenvalue weighted by atomic mass is 9.95. The molecule has 0 spiro atoms. The van der Waals surface area contributed by atoms with Crippen molar-refractivity contribution in [3.05, 3.63) is 154 Å². The van der Waals surface area contributed by atoms with Crippen LogP contribution in [0.2, 0.25) is 0 Å². The van der Waals surface area contributed by atoms with E-state index in [4.69, 9.17) is 4.74 Å². The number of rotatable bonds is 6. The molecule has 1 atom stereocenters. The van der Waals surface area contributed by atoms with E-state index in [1.54, 1.807) is 0 Å². The minimum atomic E-state index is -0.640. The Hall–Kier alpha value is -5.30. The highest BCUT2D eigenvalue weighted by Gasteiger charge is 2.27. The Morgan fingerprint density at radius 1 is 0.850 bits per heavy atom. The van der Waals surface area contributed by atoms with E-state index in [1.807, 2.05) is 103 Å². The molecule has 0 saturated heterocycles. The number of benzene rings is 4. The fourth-order valence-corrected chi connectivity index (χ4v) is 5.01. The molecule has 0 saturated carbocycles. The van der Waals surface area contributed by atoms with E-state index in [-0.39, 0.29) is 12.2 Å². The van der Waals surface area contributed by atoms with Gasteiger partial charge >= 0.3 is 0 Å². The number of aromatic nitrogens is 1. The summed E-state index contributed by atoms with van der Waals surface area (Å²) in [4.78, 5) is 25.9. The van der Waals surface area contributed by atoms with Crippen LogP contribution in [-0.2, 0) is 13.2 Å². The number of para-hydroxylation sites is 1. The standard InChI is InChI=1S/C33H27N3O4/c37-28-17-18-36(35-30-26-14-5-4-12-25(26)21-40-29-16-7-6-15-27(29)30)31(32(28)38)33(39)34-20-22-9-8-13-24(19-22)23-10-2-1-3-11-23/h1-19,30,35,38H,20-21H2,(H,34,39). The molecule has 4 aromatic carbocycles. The van der Waals surface area contributed by atoms with Gasteiger partial charge in [0.25, 0.3) is 5.91 Å². The molecular formula is C33H27N3O4. The molecule has 7 heteroatoms. The van der Waals surface area contributed by atoms with Gasteiger partial charge in [0.2, 0.25) is 5.43 Å². The Balaban J connectivity index is 1.31. The van der Waals surface area contributed by atoms with E-state index in [9.17, 15) is 14.7 Å². The first kappa shape index (κ1) is 25.0. The maximum Gasteiger partial charge on any atom is 0.274 e. The normalized spacial score (nSPS) is 13.8. The summed E-state index contributed by atoms with van der Waals surface area (Å²) in [5.41, 5.74) is 8.36.